The molecule has 7 nitrogen and oxygen atoms in total. The first kappa shape index (κ1) is 17.4. The largest absolute Gasteiger partial charge is 0.416 e. The SMILES string of the molecule is O=c1cc2c(nn1Cc1nnnn1-c1ccc(C(F)(F)F)cc1)CCCC2. The van der Waals surface area contributed by atoms with Crippen LogP contribution in [0.4, 0.5) is 13.2 Å². The quantitative estimate of drug-likeness (QED) is 0.700. The van der Waals surface area contributed by atoms with Gasteiger partial charge in [-0.15, -0.1) is 5.10 Å². The van der Waals surface area contributed by atoms with Crippen molar-refractivity contribution in [3.05, 3.63) is 63.3 Å². The normalized spacial score (nSPS) is 14.2. The van der Waals surface area contributed by atoms with Crippen molar-refractivity contribution < 1.29 is 13.2 Å². The van der Waals surface area contributed by atoms with Gasteiger partial charge in [-0.05, 0) is 65.9 Å². The zero-order valence-electron chi connectivity index (χ0n) is 14.1. The highest BCUT2D eigenvalue weighted by Gasteiger charge is 2.30. The maximum absolute atomic E-state index is 12.7. The molecule has 0 saturated heterocycles. The van der Waals surface area contributed by atoms with E-state index >= 15 is 0 Å². The maximum atomic E-state index is 12.7. The van der Waals surface area contributed by atoms with Crippen LogP contribution < -0.4 is 5.56 Å². The molecule has 0 saturated carbocycles. The van der Waals surface area contributed by atoms with Crippen LogP contribution in [0.2, 0.25) is 0 Å². The minimum absolute atomic E-state index is 0.0279. The molecule has 0 aliphatic heterocycles. The second-order valence-electron chi connectivity index (χ2n) is 6.37. The van der Waals surface area contributed by atoms with E-state index in [-0.39, 0.29) is 12.1 Å². The first-order chi connectivity index (χ1) is 12.9. The molecule has 27 heavy (non-hydrogen) atoms. The first-order valence-electron chi connectivity index (χ1n) is 8.46. The monoisotopic (exact) mass is 376 g/mol. The summed E-state index contributed by atoms with van der Waals surface area (Å²) >= 11 is 0. The van der Waals surface area contributed by atoms with Crippen LogP contribution in [0.15, 0.2) is 35.1 Å². The molecule has 1 aliphatic carbocycles. The Kier molecular flexibility index (Phi) is 4.25. The van der Waals surface area contributed by atoms with Gasteiger partial charge in [-0.1, -0.05) is 0 Å². The van der Waals surface area contributed by atoms with Crippen molar-refractivity contribution in [2.24, 2.45) is 0 Å². The molecule has 3 aromatic rings. The lowest BCUT2D eigenvalue weighted by atomic mass is 9.97. The summed E-state index contributed by atoms with van der Waals surface area (Å²) in [6, 6.07) is 6.08. The molecule has 0 bridgehead atoms. The lowest BCUT2D eigenvalue weighted by Crippen LogP contribution is -2.27. The highest BCUT2D eigenvalue weighted by molar-refractivity contribution is 5.35. The molecular weight excluding hydrogens is 361 g/mol. The second-order valence-corrected chi connectivity index (χ2v) is 6.37. The number of aryl methyl sites for hydroxylation is 2. The van der Waals surface area contributed by atoms with Crippen LogP contribution in [0.1, 0.15) is 35.5 Å². The summed E-state index contributed by atoms with van der Waals surface area (Å²) in [5.74, 6) is 0.306. The number of hydrogen-bond acceptors (Lipinski definition) is 5. The lowest BCUT2D eigenvalue weighted by molar-refractivity contribution is -0.137. The van der Waals surface area contributed by atoms with Crippen LogP contribution in [0, 0.1) is 0 Å². The predicted octanol–water partition coefficient (Wildman–Crippen LogP) is 2.16. The van der Waals surface area contributed by atoms with Crippen LogP contribution in [0.25, 0.3) is 5.69 Å². The number of alkyl halides is 3. The smallest absolute Gasteiger partial charge is 0.268 e. The van der Waals surface area contributed by atoms with Gasteiger partial charge in [0, 0.05) is 6.07 Å². The van der Waals surface area contributed by atoms with Gasteiger partial charge in [0.25, 0.3) is 5.56 Å². The number of nitrogens with zero attached hydrogens (tertiary/aromatic N) is 6. The molecular formula is C17H15F3N6O. The Labute approximate surface area is 151 Å². The molecule has 140 valence electrons. The Hall–Kier alpha value is -3.04. The van der Waals surface area contributed by atoms with Crippen molar-refractivity contribution in [1.82, 2.24) is 30.0 Å². The Morgan fingerprint density at radius 3 is 2.56 bits per heavy atom. The van der Waals surface area contributed by atoms with Gasteiger partial charge in [0.1, 0.15) is 6.54 Å². The fraction of sp³-hybridized carbons (Fsp3) is 0.353. The van der Waals surface area contributed by atoms with E-state index in [1.807, 2.05) is 0 Å². The van der Waals surface area contributed by atoms with Gasteiger partial charge in [-0.25, -0.2) is 4.68 Å². The second kappa shape index (κ2) is 6.60. The third-order valence-corrected chi connectivity index (χ3v) is 4.54. The summed E-state index contributed by atoms with van der Waals surface area (Å²) in [4.78, 5) is 12.3. The topological polar surface area (TPSA) is 78.5 Å². The Bertz CT molecular complexity index is 1020. The zero-order valence-corrected chi connectivity index (χ0v) is 14.1. The number of rotatable bonds is 3. The van der Waals surface area contributed by atoms with Gasteiger partial charge in [0.2, 0.25) is 0 Å². The molecule has 1 aliphatic rings. The van der Waals surface area contributed by atoms with Gasteiger partial charge in [-0.2, -0.15) is 23.0 Å². The molecule has 0 unspecified atom stereocenters. The summed E-state index contributed by atoms with van der Waals surface area (Å²) in [7, 11) is 0. The summed E-state index contributed by atoms with van der Waals surface area (Å²) in [6.07, 6.45) is -0.671. The van der Waals surface area contributed by atoms with Crippen LogP contribution in [0.3, 0.4) is 0 Å². The number of halogens is 3. The van der Waals surface area contributed by atoms with Gasteiger partial charge < -0.3 is 0 Å². The summed E-state index contributed by atoms with van der Waals surface area (Å²) in [6.45, 7) is 0.0279. The van der Waals surface area contributed by atoms with E-state index in [9.17, 15) is 18.0 Å². The first-order valence-corrected chi connectivity index (χ1v) is 8.46. The molecule has 0 fully saturated rings. The summed E-state index contributed by atoms with van der Waals surface area (Å²) < 4.78 is 40.7. The number of benzene rings is 1. The van der Waals surface area contributed by atoms with Crippen molar-refractivity contribution >= 4 is 0 Å². The number of hydrogen-bond donors (Lipinski definition) is 0. The molecule has 10 heteroatoms. The van der Waals surface area contributed by atoms with Gasteiger partial charge in [0.15, 0.2) is 5.82 Å². The fourth-order valence-corrected chi connectivity index (χ4v) is 3.14. The molecule has 2 aromatic heterocycles. The molecule has 2 heterocycles. The fourth-order valence-electron chi connectivity index (χ4n) is 3.14. The van der Waals surface area contributed by atoms with E-state index in [4.69, 9.17) is 0 Å². The molecule has 0 amide bonds. The van der Waals surface area contributed by atoms with Crippen molar-refractivity contribution in [3.8, 4) is 5.69 Å². The molecule has 0 radical (unpaired) electrons. The van der Waals surface area contributed by atoms with Crippen LogP contribution >= 0.6 is 0 Å². The van der Waals surface area contributed by atoms with E-state index in [0.717, 1.165) is 49.1 Å². The number of aromatic nitrogens is 6. The van der Waals surface area contributed by atoms with E-state index < -0.39 is 11.7 Å². The molecule has 4 rings (SSSR count). The van der Waals surface area contributed by atoms with Crippen molar-refractivity contribution in [2.75, 3.05) is 0 Å². The van der Waals surface area contributed by atoms with E-state index in [0.29, 0.717) is 11.5 Å². The predicted molar refractivity (Wildman–Crippen MR) is 88.4 cm³/mol. The highest BCUT2D eigenvalue weighted by atomic mass is 19.4. The van der Waals surface area contributed by atoms with E-state index in [1.54, 1.807) is 6.07 Å². The van der Waals surface area contributed by atoms with E-state index in [1.165, 1.54) is 21.5 Å². The third-order valence-electron chi connectivity index (χ3n) is 4.54. The van der Waals surface area contributed by atoms with E-state index in [2.05, 4.69) is 20.6 Å². The Morgan fingerprint density at radius 2 is 1.81 bits per heavy atom. The van der Waals surface area contributed by atoms with Gasteiger partial charge in [-0.3, -0.25) is 4.79 Å². The van der Waals surface area contributed by atoms with Crippen molar-refractivity contribution in [1.29, 1.82) is 0 Å². The highest BCUT2D eigenvalue weighted by Crippen LogP contribution is 2.29. The minimum Gasteiger partial charge on any atom is -0.268 e. The molecule has 1 aromatic carbocycles. The zero-order chi connectivity index (χ0) is 19.0. The summed E-state index contributed by atoms with van der Waals surface area (Å²) in [5, 5.41) is 15.7. The summed E-state index contributed by atoms with van der Waals surface area (Å²) in [5.41, 5.74) is 1.24. The lowest BCUT2D eigenvalue weighted by Gasteiger charge is -2.15. The van der Waals surface area contributed by atoms with Crippen LogP contribution in [0.5, 0.6) is 0 Å². The molecule has 0 N–H and O–H groups in total. The third kappa shape index (κ3) is 3.46. The van der Waals surface area contributed by atoms with Crippen LogP contribution in [-0.2, 0) is 25.6 Å². The number of tetrazole rings is 1. The van der Waals surface area contributed by atoms with Crippen LogP contribution in [-0.4, -0.2) is 30.0 Å². The van der Waals surface area contributed by atoms with Crippen molar-refractivity contribution in [3.63, 3.8) is 0 Å². The molecule has 0 atom stereocenters. The maximum Gasteiger partial charge on any atom is 0.416 e. The van der Waals surface area contributed by atoms with Gasteiger partial charge in [0.05, 0.1) is 16.9 Å². The van der Waals surface area contributed by atoms with Gasteiger partial charge >= 0.3 is 6.18 Å². The average Bonchev–Trinajstić information content (AvgIpc) is 3.10. The molecule has 0 spiro atoms. The standard InChI is InChI=1S/C17H15F3N6O/c18-17(19,20)12-5-7-13(8-6-12)26-15(21-23-24-26)10-25-16(27)9-11-3-1-2-4-14(11)22-25/h5-9H,1-4,10H2. The Balaban J connectivity index is 1.64. The number of fused-ring (bicyclic) bond motifs is 1. The van der Waals surface area contributed by atoms with Crippen molar-refractivity contribution in [2.45, 2.75) is 38.4 Å². The average molecular weight is 376 g/mol. The minimum atomic E-state index is -4.41. The Morgan fingerprint density at radius 1 is 1.07 bits per heavy atom.